The van der Waals surface area contributed by atoms with Gasteiger partial charge in [-0.05, 0) is 19.1 Å². The van der Waals surface area contributed by atoms with E-state index in [4.69, 9.17) is 0 Å². The van der Waals surface area contributed by atoms with Gasteiger partial charge in [-0.1, -0.05) is 0 Å². The highest BCUT2D eigenvalue weighted by molar-refractivity contribution is 5.36. The number of fused-ring (bicyclic) bond motifs is 1. The molecular weight excluding hydrogens is 126 g/mol. The Morgan fingerprint density at radius 2 is 2.30 bits per heavy atom. The highest BCUT2D eigenvalue weighted by Crippen LogP contribution is 1.98. The number of aryl methyl sites for hydroxylation is 1. The molecule has 2 heterocycles. The molecule has 0 amide bonds. The average molecular weight is 133 g/mol. The zero-order chi connectivity index (χ0) is 6.97. The molecule has 2 rings (SSSR count). The van der Waals surface area contributed by atoms with Crippen molar-refractivity contribution in [2.75, 3.05) is 0 Å². The molecule has 0 saturated carbocycles. The van der Waals surface area contributed by atoms with E-state index in [1.165, 1.54) is 0 Å². The van der Waals surface area contributed by atoms with Gasteiger partial charge in [-0.3, -0.25) is 0 Å². The van der Waals surface area contributed by atoms with Crippen LogP contribution in [0, 0.1) is 6.92 Å². The van der Waals surface area contributed by atoms with Crippen LogP contribution in [0.1, 0.15) is 5.69 Å². The fourth-order valence-corrected chi connectivity index (χ4v) is 0.936. The summed E-state index contributed by atoms with van der Waals surface area (Å²) < 4.78 is 1.95. The molecule has 2 aromatic rings. The lowest BCUT2D eigenvalue weighted by Crippen LogP contribution is -1.91. The van der Waals surface area contributed by atoms with E-state index in [2.05, 4.69) is 10.2 Å². The van der Waals surface area contributed by atoms with Gasteiger partial charge in [0.2, 0.25) is 0 Å². The standard InChI is InChI=1S/C7H7N3/c1-6-5-10-4-2-3-7(10)9-8-6/h2-5H,1H3. The number of rotatable bonds is 0. The summed E-state index contributed by atoms with van der Waals surface area (Å²) in [4.78, 5) is 0. The van der Waals surface area contributed by atoms with E-state index in [-0.39, 0.29) is 0 Å². The van der Waals surface area contributed by atoms with Crippen LogP contribution in [0.25, 0.3) is 5.65 Å². The number of hydrogen-bond donors (Lipinski definition) is 0. The first-order chi connectivity index (χ1) is 4.86. The van der Waals surface area contributed by atoms with Gasteiger partial charge < -0.3 is 4.40 Å². The third-order valence-corrected chi connectivity index (χ3v) is 1.39. The Morgan fingerprint density at radius 3 is 3.20 bits per heavy atom. The zero-order valence-electron chi connectivity index (χ0n) is 5.65. The zero-order valence-corrected chi connectivity index (χ0v) is 5.65. The van der Waals surface area contributed by atoms with Gasteiger partial charge in [0.1, 0.15) is 0 Å². The molecule has 2 aromatic heterocycles. The molecule has 0 spiro atoms. The summed E-state index contributed by atoms with van der Waals surface area (Å²) in [6, 6.07) is 3.87. The molecule has 0 aliphatic heterocycles. The SMILES string of the molecule is Cc1cn2cccc2nn1. The molecule has 50 valence electrons. The maximum atomic E-state index is 3.95. The van der Waals surface area contributed by atoms with E-state index in [0.717, 1.165) is 11.3 Å². The summed E-state index contributed by atoms with van der Waals surface area (Å²) in [5, 5.41) is 7.86. The van der Waals surface area contributed by atoms with Gasteiger partial charge in [0.05, 0.1) is 5.69 Å². The van der Waals surface area contributed by atoms with Crippen LogP contribution in [-0.4, -0.2) is 14.6 Å². The van der Waals surface area contributed by atoms with E-state index < -0.39 is 0 Å². The van der Waals surface area contributed by atoms with Gasteiger partial charge in [-0.25, -0.2) is 0 Å². The van der Waals surface area contributed by atoms with Crippen molar-refractivity contribution in [1.29, 1.82) is 0 Å². The largest absolute Gasteiger partial charge is 0.305 e. The maximum absolute atomic E-state index is 3.95. The predicted molar refractivity (Wildman–Crippen MR) is 37.7 cm³/mol. The van der Waals surface area contributed by atoms with E-state index in [9.17, 15) is 0 Å². The minimum absolute atomic E-state index is 0.894. The summed E-state index contributed by atoms with van der Waals surface area (Å²) >= 11 is 0. The van der Waals surface area contributed by atoms with Gasteiger partial charge >= 0.3 is 0 Å². The number of hydrogen-bond acceptors (Lipinski definition) is 2. The molecule has 10 heavy (non-hydrogen) atoms. The van der Waals surface area contributed by atoms with Crippen molar-refractivity contribution >= 4 is 5.65 Å². The fourth-order valence-electron chi connectivity index (χ4n) is 0.936. The monoisotopic (exact) mass is 133 g/mol. The predicted octanol–water partition coefficient (Wildman–Crippen LogP) is 1.04. The van der Waals surface area contributed by atoms with E-state index in [1.807, 2.05) is 35.9 Å². The minimum atomic E-state index is 0.894. The quantitative estimate of drug-likeness (QED) is 0.537. The van der Waals surface area contributed by atoms with E-state index in [0.29, 0.717) is 0 Å². The molecule has 3 nitrogen and oxygen atoms in total. The molecule has 0 bridgehead atoms. The van der Waals surface area contributed by atoms with Crippen molar-refractivity contribution in [3.05, 3.63) is 30.2 Å². The van der Waals surface area contributed by atoms with Crippen LogP contribution in [-0.2, 0) is 0 Å². The summed E-state index contributed by atoms with van der Waals surface area (Å²) in [5.41, 5.74) is 1.83. The van der Waals surface area contributed by atoms with Crippen LogP contribution < -0.4 is 0 Å². The second-order valence-corrected chi connectivity index (χ2v) is 2.24. The Balaban J connectivity index is 2.86. The van der Waals surface area contributed by atoms with Gasteiger partial charge in [0, 0.05) is 12.4 Å². The molecule has 0 aliphatic rings. The van der Waals surface area contributed by atoms with Crippen molar-refractivity contribution in [2.45, 2.75) is 6.92 Å². The number of nitrogens with zero attached hydrogens (tertiary/aromatic N) is 3. The van der Waals surface area contributed by atoms with Gasteiger partial charge in [0.15, 0.2) is 5.65 Å². The molecule has 0 N–H and O–H groups in total. The lowest BCUT2D eigenvalue weighted by atomic mass is 10.5. The summed E-state index contributed by atoms with van der Waals surface area (Å²) in [6.07, 6.45) is 3.90. The van der Waals surface area contributed by atoms with Gasteiger partial charge in [-0.2, -0.15) is 5.10 Å². The lowest BCUT2D eigenvalue weighted by Gasteiger charge is -1.92. The molecule has 0 radical (unpaired) electrons. The normalized spacial score (nSPS) is 10.5. The first-order valence-corrected chi connectivity index (χ1v) is 3.13. The topological polar surface area (TPSA) is 30.2 Å². The van der Waals surface area contributed by atoms with Crippen LogP contribution in [0.3, 0.4) is 0 Å². The Morgan fingerprint density at radius 1 is 1.40 bits per heavy atom. The molecule has 0 fully saturated rings. The van der Waals surface area contributed by atoms with Crippen LogP contribution in [0.5, 0.6) is 0 Å². The molecule has 0 aromatic carbocycles. The molecule has 0 unspecified atom stereocenters. The Labute approximate surface area is 58.3 Å². The van der Waals surface area contributed by atoms with Crippen LogP contribution >= 0.6 is 0 Å². The molecule has 3 heteroatoms. The summed E-state index contributed by atoms with van der Waals surface area (Å²) in [7, 11) is 0. The maximum Gasteiger partial charge on any atom is 0.159 e. The van der Waals surface area contributed by atoms with E-state index in [1.54, 1.807) is 0 Å². The third kappa shape index (κ3) is 0.673. The summed E-state index contributed by atoms with van der Waals surface area (Å²) in [5.74, 6) is 0. The van der Waals surface area contributed by atoms with Gasteiger partial charge in [0.25, 0.3) is 0 Å². The first kappa shape index (κ1) is 5.41. The van der Waals surface area contributed by atoms with Crippen molar-refractivity contribution in [2.24, 2.45) is 0 Å². The van der Waals surface area contributed by atoms with Crippen molar-refractivity contribution in [1.82, 2.24) is 14.6 Å². The Bertz CT molecular complexity index is 350. The third-order valence-electron chi connectivity index (χ3n) is 1.39. The Kier molecular flexibility index (Phi) is 0.974. The van der Waals surface area contributed by atoms with Crippen LogP contribution in [0.4, 0.5) is 0 Å². The lowest BCUT2D eigenvalue weighted by molar-refractivity contribution is 0.937. The minimum Gasteiger partial charge on any atom is -0.305 e. The fraction of sp³-hybridized carbons (Fsp3) is 0.143. The molecule has 0 saturated heterocycles. The smallest absolute Gasteiger partial charge is 0.159 e. The average Bonchev–Trinajstić information content (AvgIpc) is 2.33. The Hall–Kier alpha value is -1.38. The number of aromatic nitrogens is 3. The molecular formula is C7H7N3. The van der Waals surface area contributed by atoms with Crippen molar-refractivity contribution < 1.29 is 0 Å². The second kappa shape index (κ2) is 1.80. The highest BCUT2D eigenvalue weighted by Gasteiger charge is 1.91. The molecule has 0 atom stereocenters. The van der Waals surface area contributed by atoms with Crippen LogP contribution in [0.15, 0.2) is 24.5 Å². The van der Waals surface area contributed by atoms with Crippen LogP contribution in [0.2, 0.25) is 0 Å². The van der Waals surface area contributed by atoms with Crippen molar-refractivity contribution in [3.63, 3.8) is 0 Å². The first-order valence-electron chi connectivity index (χ1n) is 3.13. The van der Waals surface area contributed by atoms with Gasteiger partial charge in [-0.15, -0.1) is 5.10 Å². The highest BCUT2D eigenvalue weighted by atomic mass is 15.2. The summed E-state index contributed by atoms with van der Waals surface area (Å²) in [6.45, 7) is 1.92. The van der Waals surface area contributed by atoms with E-state index >= 15 is 0 Å². The second-order valence-electron chi connectivity index (χ2n) is 2.24. The van der Waals surface area contributed by atoms with Crippen molar-refractivity contribution in [3.8, 4) is 0 Å². The molecule has 0 aliphatic carbocycles.